The van der Waals surface area contributed by atoms with Crippen LogP contribution in [0.15, 0.2) is 24.3 Å². The Labute approximate surface area is 148 Å². The van der Waals surface area contributed by atoms with Gasteiger partial charge in [0.25, 0.3) is 0 Å². The summed E-state index contributed by atoms with van der Waals surface area (Å²) in [6, 6.07) is 7.11. The molecule has 2 heterocycles. The zero-order chi connectivity index (χ0) is 18.2. The van der Waals surface area contributed by atoms with Crippen LogP contribution in [0.25, 0.3) is 0 Å². The highest BCUT2D eigenvalue weighted by molar-refractivity contribution is 7.92. The molecule has 0 saturated carbocycles. The number of benzene rings is 1. The summed E-state index contributed by atoms with van der Waals surface area (Å²) < 4.78 is 25.6. The number of carbonyl (C=O) groups excluding carboxylic acids is 1. The summed E-state index contributed by atoms with van der Waals surface area (Å²) in [6.07, 6.45) is 1.11. The van der Waals surface area contributed by atoms with Gasteiger partial charge in [-0.2, -0.15) is 0 Å². The van der Waals surface area contributed by atoms with Crippen molar-refractivity contribution in [1.29, 1.82) is 0 Å². The molecular weight excluding hydrogens is 342 g/mol. The number of rotatable bonds is 5. The van der Waals surface area contributed by atoms with Gasteiger partial charge in [-0.3, -0.25) is 9.10 Å². The molecule has 7 nitrogen and oxygen atoms in total. The molecule has 1 aromatic carbocycles. The van der Waals surface area contributed by atoms with Crippen molar-refractivity contribution in [1.82, 2.24) is 10.2 Å². The number of hydrogen-bond acceptors (Lipinski definition) is 5. The second-order valence-corrected chi connectivity index (χ2v) is 9.14. The Morgan fingerprint density at radius 2 is 2.24 bits per heavy atom. The predicted octanol–water partition coefficient (Wildman–Crippen LogP) is -0.199. The summed E-state index contributed by atoms with van der Waals surface area (Å²) >= 11 is 0. The Kier molecular flexibility index (Phi) is 4.78. The lowest BCUT2D eigenvalue weighted by Gasteiger charge is -2.27. The lowest BCUT2D eigenvalue weighted by atomic mass is 9.82. The summed E-state index contributed by atoms with van der Waals surface area (Å²) in [5.41, 5.74) is 1.13. The Hall–Kier alpha value is -1.64. The largest absolute Gasteiger partial charge is 0.396 e. The normalized spacial score (nSPS) is 25.9. The summed E-state index contributed by atoms with van der Waals surface area (Å²) in [5.74, 6) is -0.0127. The van der Waals surface area contributed by atoms with E-state index in [0.29, 0.717) is 25.3 Å². The van der Waals surface area contributed by atoms with Crippen LogP contribution in [-0.4, -0.2) is 69.9 Å². The van der Waals surface area contributed by atoms with E-state index >= 15 is 0 Å². The SMILES string of the molecule is Cc1cccc(N(CC(=O)N2CC3CNCC3(CO)C2)S(C)(=O)=O)c1. The number of aryl methyl sites for hydroxylation is 1. The molecule has 2 N–H and O–H groups in total. The molecule has 2 aliphatic rings. The van der Waals surface area contributed by atoms with E-state index in [2.05, 4.69) is 5.32 Å². The maximum Gasteiger partial charge on any atom is 0.243 e. The average molecular weight is 367 g/mol. The molecule has 0 spiro atoms. The molecule has 3 rings (SSSR count). The van der Waals surface area contributed by atoms with Crippen molar-refractivity contribution in [2.24, 2.45) is 11.3 Å². The minimum absolute atomic E-state index is 0.0299. The van der Waals surface area contributed by atoms with E-state index in [1.165, 1.54) is 0 Å². The molecule has 2 fully saturated rings. The van der Waals surface area contributed by atoms with E-state index < -0.39 is 10.0 Å². The van der Waals surface area contributed by atoms with Crippen molar-refractivity contribution < 1.29 is 18.3 Å². The molecule has 0 aliphatic carbocycles. The first-order chi connectivity index (χ1) is 11.7. The number of nitrogens with zero attached hydrogens (tertiary/aromatic N) is 2. The van der Waals surface area contributed by atoms with Crippen molar-refractivity contribution in [3.63, 3.8) is 0 Å². The number of sulfonamides is 1. The Morgan fingerprint density at radius 3 is 2.84 bits per heavy atom. The Balaban J connectivity index is 1.78. The van der Waals surface area contributed by atoms with E-state index in [0.717, 1.165) is 22.7 Å². The van der Waals surface area contributed by atoms with Gasteiger partial charge in [0.1, 0.15) is 6.54 Å². The summed E-state index contributed by atoms with van der Waals surface area (Å²) in [7, 11) is -3.57. The predicted molar refractivity (Wildman–Crippen MR) is 95.8 cm³/mol. The van der Waals surface area contributed by atoms with E-state index in [-0.39, 0.29) is 30.4 Å². The smallest absolute Gasteiger partial charge is 0.243 e. The van der Waals surface area contributed by atoms with Gasteiger partial charge in [0.15, 0.2) is 0 Å². The minimum Gasteiger partial charge on any atom is -0.396 e. The highest BCUT2D eigenvalue weighted by atomic mass is 32.2. The fourth-order valence-corrected chi connectivity index (χ4v) is 4.68. The molecular formula is C17H25N3O4S. The van der Waals surface area contributed by atoms with Gasteiger partial charge in [-0.05, 0) is 30.5 Å². The van der Waals surface area contributed by atoms with Gasteiger partial charge in [-0.1, -0.05) is 12.1 Å². The van der Waals surface area contributed by atoms with Crippen LogP contribution in [0, 0.1) is 18.3 Å². The molecule has 2 atom stereocenters. The molecule has 138 valence electrons. The van der Waals surface area contributed by atoms with Gasteiger partial charge in [0.05, 0.1) is 18.6 Å². The topological polar surface area (TPSA) is 89.9 Å². The molecule has 0 aromatic heterocycles. The molecule has 2 saturated heterocycles. The summed E-state index contributed by atoms with van der Waals surface area (Å²) in [6.45, 7) is 4.17. The number of likely N-dealkylation sites (tertiary alicyclic amines) is 1. The highest BCUT2D eigenvalue weighted by Crippen LogP contribution is 2.38. The number of amides is 1. The first-order valence-corrected chi connectivity index (χ1v) is 10.2. The van der Waals surface area contributed by atoms with Crippen molar-refractivity contribution in [2.45, 2.75) is 6.92 Å². The summed E-state index contributed by atoms with van der Waals surface area (Å²) in [4.78, 5) is 14.5. The van der Waals surface area contributed by atoms with Crippen LogP contribution in [0.3, 0.4) is 0 Å². The zero-order valence-electron chi connectivity index (χ0n) is 14.6. The first kappa shape index (κ1) is 18.2. The van der Waals surface area contributed by atoms with Gasteiger partial charge in [0.2, 0.25) is 15.9 Å². The third-order valence-corrected chi connectivity index (χ3v) is 6.46. The minimum atomic E-state index is -3.57. The third-order valence-electron chi connectivity index (χ3n) is 5.32. The van der Waals surface area contributed by atoms with Crippen LogP contribution >= 0.6 is 0 Å². The van der Waals surface area contributed by atoms with Crippen molar-refractivity contribution >= 4 is 21.6 Å². The van der Waals surface area contributed by atoms with Gasteiger partial charge in [-0.25, -0.2) is 8.42 Å². The Morgan fingerprint density at radius 1 is 1.48 bits per heavy atom. The van der Waals surface area contributed by atoms with Crippen molar-refractivity contribution in [2.75, 3.05) is 49.9 Å². The number of hydrogen-bond donors (Lipinski definition) is 2. The number of fused-ring (bicyclic) bond motifs is 1. The van der Waals surface area contributed by atoms with Crippen molar-refractivity contribution in [3.05, 3.63) is 29.8 Å². The molecule has 8 heteroatoms. The zero-order valence-corrected chi connectivity index (χ0v) is 15.4. The van der Waals surface area contributed by atoms with E-state index in [1.54, 1.807) is 23.1 Å². The Bertz CT molecular complexity index is 767. The number of carbonyl (C=O) groups is 1. The summed E-state index contributed by atoms with van der Waals surface area (Å²) in [5, 5.41) is 13.0. The maximum absolute atomic E-state index is 12.8. The monoisotopic (exact) mass is 367 g/mol. The fraction of sp³-hybridized carbons (Fsp3) is 0.588. The van der Waals surface area contributed by atoms with Crippen LogP contribution in [0.2, 0.25) is 0 Å². The quantitative estimate of drug-likeness (QED) is 0.752. The van der Waals surface area contributed by atoms with E-state index in [9.17, 15) is 18.3 Å². The van der Waals surface area contributed by atoms with Gasteiger partial charge in [0, 0.05) is 31.6 Å². The standard InChI is InChI=1S/C17H25N3O4S/c1-13-4-3-5-15(6-13)20(25(2,23)24)9-16(22)19-8-14-7-18-10-17(14,11-19)12-21/h3-6,14,18,21H,7-12H2,1-2H3. The van der Waals surface area contributed by atoms with Crippen LogP contribution in [0.4, 0.5) is 5.69 Å². The van der Waals surface area contributed by atoms with Crippen LogP contribution in [-0.2, 0) is 14.8 Å². The van der Waals surface area contributed by atoms with Gasteiger partial charge < -0.3 is 15.3 Å². The fourth-order valence-electron chi connectivity index (χ4n) is 3.84. The number of anilines is 1. The second-order valence-electron chi connectivity index (χ2n) is 7.23. The first-order valence-electron chi connectivity index (χ1n) is 8.39. The lowest BCUT2D eigenvalue weighted by molar-refractivity contribution is -0.129. The third kappa shape index (κ3) is 3.51. The number of aliphatic hydroxyl groups excluding tert-OH is 1. The van der Waals surface area contributed by atoms with E-state index in [1.807, 2.05) is 13.0 Å². The number of nitrogens with one attached hydrogen (secondary N) is 1. The van der Waals surface area contributed by atoms with Gasteiger partial charge in [-0.15, -0.1) is 0 Å². The van der Waals surface area contributed by atoms with Crippen molar-refractivity contribution in [3.8, 4) is 0 Å². The molecule has 25 heavy (non-hydrogen) atoms. The molecule has 2 aliphatic heterocycles. The van der Waals surface area contributed by atoms with Crippen LogP contribution < -0.4 is 9.62 Å². The molecule has 2 unspecified atom stereocenters. The van der Waals surface area contributed by atoms with Gasteiger partial charge >= 0.3 is 0 Å². The molecule has 0 bridgehead atoms. The number of aliphatic hydroxyl groups is 1. The van der Waals surface area contributed by atoms with E-state index in [4.69, 9.17) is 0 Å². The maximum atomic E-state index is 12.8. The van der Waals surface area contributed by atoms with Crippen LogP contribution in [0.5, 0.6) is 0 Å². The second kappa shape index (κ2) is 6.59. The molecule has 0 radical (unpaired) electrons. The highest BCUT2D eigenvalue weighted by Gasteiger charge is 2.50. The average Bonchev–Trinajstić information content (AvgIpc) is 3.08. The lowest BCUT2D eigenvalue weighted by Crippen LogP contribution is -2.44. The molecule has 1 aromatic rings. The van der Waals surface area contributed by atoms with Crippen LogP contribution in [0.1, 0.15) is 5.56 Å². The molecule has 1 amide bonds.